The number of carbonyl (C=O) groups is 1. The fraction of sp³-hybridized carbons (Fsp3) is 0.238. The number of nitrogens with zero attached hydrogens (tertiary/aromatic N) is 4. The Morgan fingerprint density at radius 3 is 2.32 bits per heavy atom. The maximum absolute atomic E-state index is 14.1. The number of aromatic nitrogens is 2. The number of benzene rings is 2. The highest BCUT2D eigenvalue weighted by Gasteiger charge is 2.25. The van der Waals surface area contributed by atoms with E-state index in [4.69, 9.17) is 0 Å². The average Bonchev–Trinajstić information content (AvgIpc) is 3.10. The molecule has 1 saturated heterocycles. The Bertz CT molecular complexity index is 992. The van der Waals surface area contributed by atoms with Gasteiger partial charge in [0.25, 0.3) is 5.91 Å². The van der Waals surface area contributed by atoms with Crippen LogP contribution < -0.4 is 4.90 Å². The highest BCUT2D eigenvalue weighted by atomic mass is 19.1. The van der Waals surface area contributed by atoms with Crippen molar-refractivity contribution >= 4 is 11.6 Å². The first-order valence-electron chi connectivity index (χ1n) is 9.14. The fourth-order valence-electron chi connectivity index (χ4n) is 3.48. The van der Waals surface area contributed by atoms with Crippen LogP contribution >= 0.6 is 0 Å². The number of rotatable bonds is 3. The predicted octanol–water partition coefficient (Wildman–Crippen LogP) is 3.42. The summed E-state index contributed by atoms with van der Waals surface area (Å²) in [4.78, 5) is 16.8. The minimum Gasteiger partial charge on any atom is -0.368 e. The molecule has 3 aromatic rings. The van der Waals surface area contributed by atoms with Crippen molar-refractivity contribution < 1.29 is 13.6 Å². The Morgan fingerprint density at radius 2 is 1.64 bits per heavy atom. The largest absolute Gasteiger partial charge is 0.368 e. The van der Waals surface area contributed by atoms with Crippen molar-refractivity contribution in [1.29, 1.82) is 0 Å². The van der Waals surface area contributed by atoms with Gasteiger partial charge in [-0.15, -0.1) is 0 Å². The summed E-state index contributed by atoms with van der Waals surface area (Å²) in [6.45, 7) is 4.21. The molecule has 0 saturated carbocycles. The normalized spacial score (nSPS) is 14.4. The fourth-order valence-corrected chi connectivity index (χ4v) is 3.48. The number of piperazine rings is 1. The number of anilines is 1. The molecule has 0 atom stereocenters. The Morgan fingerprint density at radius 1 is 0.964 bits per heavy atom. The molecule has 0 unspecified atom stereocenters. The molecule has 0 spiro atoms. The topological polar surface area (TPSA) is 41.4 Å². The van der Waals surface area contributed by atoms with Crippen LogP contribution in [0, 0.1) is 18.6 Å². The van der Waals surface area contributed by atoms with E-state index in [1.807, 2.05) is 0 Å². The molecule has 1 aliphatic heterocycles. The van der Waals surface area contributed by atoms with Crippen LogP contribution in [0.1, 0.15) is 16.1 Å². The van der Waals surface area contributed by atoms with Gasteiger partial charge in [-0.05, 0) is 43.3 Å². The lowest BCUT2D eigenvalue weighted by molar-refractivity contribution is 0.0746. The molecule has 2 heterocycles. The van der Waals surface area contributed by atoms with Crippen LogP contribution in [0.25, 0.3) is 5.69 Å². The van der Waals surface area contributed by atoms with Crippen LogP contribution in [0.2, 0.25) is 0 Å². The Kier molecular flexibility index (Phi) is 4.81. The maximum atomic E-state index is 14.1. The molecule has 7 heteroatoms. The minimum absolute atomic E-state index is 0.112. The monoisotopic (exact) mass is 382 g/mol. The van der Waals surface area contributed by atoms with E-state index in [0.29, 0.717) is 43.1 Å². The summed E-state index contributed by atoms with van der Waals surface area (Å²) < 4.78 is 28.6. The van der Waals surface area contributed by atoms with E-state index in [-0.39, 0.29) is 17.5 Å². The predicted molar refractivity (Wildman–Crippen MR) is 103 cm³/mol. The zero-order chi connectivity index (χ0) is 19.7. The van der Waals surface area contributed by atoms with Gasteiger partial charge in [-0.3, -0.25) is 4.79 Å². The van der Waals surface area contributed by atoms with E-state index in [2.05, 4.69) is 10.00 Å². The molecule has 2 aromatic carbocycles. The van der Waals surface area contributed by atoms with Crippen molar-refractivity contribution in [3.05, 3.63) is 77.6 Å². The van der Waals surface area contributed by atoms with Gasteiger partial charge in [0.1, 0.15) is 17.3 Å². The van der Waals surface area contributed by atoms with Crippen molar-refractivity contribution in [3.8, 4) is 5.69 Å². The molecule has 4 rings (SSSR count). The van der Waals surface area contributed by atoms with Gasteiger partial charge in [0.2, 0.25) is 0 Å². The van der Waals surface area contributed by atoms with Gasteiger partial charge in [0.05, 0.1) is 17.5 Å². The van der Waals surface area contributed by atoms with E-state index < -0.39 is 0 Å². The molecule has 1 aliphatic rings. The number of halogens is 2. The molecule has 1 amide bonds. The summed E-state index contributed by atoms with van der Waals surface area (Å²) in [7, 11) is 0. The summed E-state index contributed by atoms with van der Waals surface area (Å²) in [6.07, 6.45) is 1.50. The highest BCUT2D eigenvalue weighted by molar-refractivity contribution is 5.95. The lowest BCUT2D eigenvalue weighted by Gasteiger charge is -2.36. The molecule has 0 bridgehead atoms. The van der Waals surface area contributed by atoms with Crippen LogP contribution in [0.4, 0.5) is 14.5 Å². The lowest BCUT2D eigenvalue weighted by atomic mass is 10.2. The molecule has 1 fully saturated rings. The zero-order valence-corrected chi connectivity index (χ0v) is 15.5. The van der Waals surface area contributed by atoms with E-state index in [0.717, 1.165) is 5.69 Å². The van der Waals surface area contributed by atoms with E-state index in [1.54, 1.807) is 42.2 Å². The van der Waals surface area contributed by atoms with Gasteiger partial charge in [-0.2, -0.15) is 5.10 Å². The minimum atomic E-state index is -0.388. The summed E-state index contributed by atoms with van der Waals surface area (Å²) >= 11 is 0. The standard InChI is InChI=1S/C21H20F2N4O/c1-15-18(14-24-27(15)20-5-3-2-4-19(20)23)21(28)26-12-10-25(11-13-26)17-8-6-16(22)7-9-17/h2-9,14H,10-13H2,1H3. The smallest absolute Gasteiger partial charge is 0.257 e. The van der Waals surface area contributed by atoms with Gasteiger partial charge in [-0.1, -0.05) is 12.1 Å². The van der Waals surface area contributed by atoms with Crippen molar-refractivity contribution in [2.45, 2.75) is 6.92 Å². The lowest BCUT2D eigenvalue weighted by Crippen LogP contribution is -2.48. The van der Waals surface area contributed by atoms with Crippen molar-refractivity contribution in [1.82, 2.24) is 14.7 Å². The Labute approximate surface area is 161 Å². The van der Waals surface area contributed by atoms with Crippen molar-refractivity contribution in [2.24, 2.45) is 0 Å². The maximum Gasteiger partial charge on any atom is 0.257 e. The quantitative estimate of drug-likeness (QED) is 0.697. The van der Waals surface area contributed by atoms with Crippen molar-refractivity contribution in [3.63, 3.8) is 0 Å². The second-order valence-corrected chi connectivity index (χ2v) is 6.76. The first-order chi connectivity index (χ1) is 13.5. The van der Waals surface area contributed by atoms with Gasteiger partial charge >= 0.3 is 0 Å². The van der Waals surface area contributed by atoms with E-state index in [9.17, 15) is 13.6 Å². The molecule has 5 nitrogen and oxygen atoms in total. The molecule has 1 aromatic heterocycles. The van der Waals surface area contributed by atoms with Crippen molar-refractivity contribution in [2.75, 3.05) is 31.1 Å². The van der Waals surface area contributed by atoms with Crippen LogP contribution in [0.15, 0.2) is 54.7 Å². The highest BCUT2D eigenvalue weighted by Crippen LogP contribution is 2.21. The van der Waals surface area contributed by atoms with E-state index >= 15 is 0 Å². The third-order valence-electron chi connectivity index (χ3n) is 5.08. The molecule has 28 heavy (non-hydrogen) atoms. The average molecular weight is 382 g/mol. The van der Waals surface area contributed by atoms with Crippen LogP contribution in [-0.2, 0) is 0 Å². The van der Waals surface area contributed by atoms with E-state index in [1.165, 1.54) is 29.1 Å². The number of hydrogen-bond acceptors (Lipinski definition) is 3. The molecule has 144 valence electrons. The molecule has 0 radical (unpaired) electrons. The first-order valence-corrected chi connectivity index (χ1v) is 9.14. The Balaban J connectivity index is 1.47. The summed E-state index contributed by atoms with van der Waals surface area (Å²) in [5.74, 6) is -0.764. The summed E-state index contributed by atoms with van der Waals surface area (Å²) in [5.41, 5.74) is 2.34. The zero-order valence-electron chi connectivity index (χ0n) is 15.5. The molecule has 0 N–H and O–H groups in total. The third-order valence-corrected chi connectivity index (χ3v) is 5.08. The summed E-state index contributed by atoms with van der Waals surface area (Å²) in [5, 5.41) is 4.22. The van der Waals surface area contributed by atoms with Gasteiger partial charge < -0.3 is 9.80 Å². The number of carbonyl (C=O) groups excluding carboxylic acids is 1. The van der Waals surface area contributed by atoms with Gasteiger partial charge in [-0.25, -0.2) is 13.5 Å². The number of para-hydroxylation sites is 1. The van der Waals surface area contributed by atoms with Crippen LogP contribution in [-0.4, -0.2) is 46.8 Å². The Hall–Kier alpha value is -3.22. The second kappa shape index (κ2) is 7.42. The SMILES string of the molecule is Cc1c(C(=O)N2CCN(c3ccc(F)cc3)CC2)cnn1-c1ccccc1F. The molecular weight excluding hydrogens is 362 g/mol. The second-order valence-electron chi connectivity index (χ2n) is 6.76. The molecular formula is C21H20F2N4O. The van der Waals surface area contributed by atoms with Crippen LogP contribution in [0.5, 0.6) is 0 Å². The van der Waals surface area contributed by atoms with Gasteiger partial charge in [0, 0.05) is 31.9 Å². The summed E-state index contributed by atoms with van der Waals surface area (Å²) in [6, 6.07) is 12.7. The van der Waals surface area contributed by atoms with Gasteiger partial charge in [0.15, 0.2) is 0 Å². The van der Waals surface area contributed by atoms with Crippen LogP contribution in [0.3, 0.4) is 0 Å². The number of hydrogen-bond donors (Lipinski definition) is 0. The third kappa shape index (κ3) is 3.35. The molecule has 0 aliphatic carbocycles. The number of amides is 1. The first kappa shape index (κ1) is 18.2.